The smallest absolute Gasteiger partial charge is 0.0124 e. The summed E-state index contributed by atoms with van der Waals surface area (Å²) in [5.74, 6) is 4.87. The van der Waals surface area contributed by atoms with E-state index in [1.807, 2.05) is 0 Å². The Hall–Kier alpha value is -0.480. The van der Waals surface area contributed by atoms with Crippen molar-refractivity contribution in [2.24, 2.45) is 22.7 Å². The molecule has 0 heterocycles. The summed E-state index contributed by atoms with van der Waals surface area (Å²) < 4.78 is 0. The van der Waals surface area contributed by atoms with Gasteiger partial charge in [-0.05, 0) is 80.6 Å². The molecule has 0 radical (unpaired) electrons. The molecule has 0 aromatic rings. The van der Waals surface area contributed by atoms with Gasteiger partial charge in [-0.3, -0.25) is 0 Å². The maximum absolute atomic E-state index is 5.45. The molecule has 1 heteroatoms. The molecular formula is C19H31N. The summed E-state index contributed by atoms with van der Waals surface area (Å²) in [6.45, 7) is 5.94. The number of hydrogen-bond donors (Lipinski definition) is 1. The van der Waals surface area contributed by atoms with Crippen molar-refractivity contribution < 1.29 is 0 Å². The molecule has 0 aromatic carbocycles. The Morgan fingerprint density at radius 3 is 2.50 bits per heavy atom. The molecule has 4 fully saturated rings. The molecule has 3 unspecified atom stereocenters. The van der Waals surface area contributed by atoms with Crippen molar-refractivity contribution in [1.29, 1.82) is 0 Å². The highest BCUT2D eigenvalue weighted by Crippen LogP contribution is 2.66. The lowest BCUT2D eigenvalue weighted by Crippen LogP contribution is -2.58. The molecule has 4 aliphatic rings. The van der Waals surface area contributed by atoms with Gasteiger partial charge in [-0.2, -0.15) is 0 Å². The van der Waals surface area contributed by atoms with E-state index in [1.165, 1.54) is 51.4 Å². The molecular weight excluding hydrogens is 242 g/mol. The average Bonchev–Trinajstić information content (AvgIpc) is 2.35. The van der Waals surface area contributed by atoms with E-state index in [0.717, 1.165) is 24.8 Å². The Balaban J connectivity index is 1.77. The topological polar surface area (TPSA) is 12.0 Å². The van der Waals surface area contributed by atoms with Crippen LogP contribution in [-0.2, 0) is 0 Å². The molecule has 1 N–H and O–H groups in total. The molecule has 0 amide bonds. The standard InChI is InChI=1S/C19H31N/c1-4-6-7-8-17(20-5-2)19-12-15-9-16(13-19)11-18(3,10-15)14-19/h1,15-17,20H,5-14H2,2-3H3. The summed E-state index contributed by atoms with van der Waals surface area (Å²) in [6, 6.07) is 0.714. The van der Waals surface area contributed by atoms with Gasteiger partial charge < -0.3 is 5.32 Å². The second-order valence-electron chi connectivity index (χ2n) is 8.34. The zero-order valence-electron chi connectivity index (χ0n) is 13.4. The third kappa shape index (κ3) is 2.52. The second-order valence-corrected chi connectivity index (χ2v) is 8.34. The van der Waals surface area contributed by atoms with Crippen molar-refractivity contribution in [2.75, 3.05) is 6.54 Å². The minimum absolute atomic E-state index is 0.601. The van der Waals surface area contributed by atoms with Crippen molar-refractivity contribution >= 4 is 0 Å². The molecule has 4 aliphatic carbocycles. The molecule has 20 heavy (non-hydrogen) atoms. The van der Waals surface area contributed by atoms with E-state index in [1.54, 1.807) is 0 Å². The molecule has 0 saturated heterocycles. The van der Waals surface area contributed by atoms with Gasteiger partial charge in [0.2, 0.25) is 0 Å². The Bertz CT molecular complexity index is 377. The fourth-order valence-electron chi connectivity index (χ4n) is 6.49. The first kappa shape index (κ1) is 14.5. The fraction of sp³-hybridized carbons (Fsp3) is 0.895. The first-order valence-corrected chi connectivity index (χ1v) is 8.76. The van der Waals surface area contributed by atoms with Crippen LogP contribution in [0.15, 0.2) is 0 Å². The minimum Gasteiger partial charge on any atom is -0.314 e. The van der Waals surface area contributed by atoms with Gasteiger partial charge >= 0.3 is 0 Å². The highest BCUT2D eigenvalue weighted by molar-refractivity contribution is 5.10. The second kappa shape index (κ2) is 5.38. The lowest BCUT2D eigenvalue weighted by atomic mass is 9.43. The van der Waals surface area contributed by atoms with Crippen LogP contribution in [0.3, 0.4) is 0 Å². The van der Waals surface area contributed by atoms with E-state index in [4.69, 9.17) is 6.42 Å². The Morgan fingerprint density at radius 1 is 1.25 bits per heavy atom. The minimum atomic E-state index is 0.601. The van der Waals surface area contributed by atoms with Crippen LogP contribution >= 0.6 is 0 Å². The van der Waals surface area contributed by atoms with Crippen LogP contribution in [0.25, 0.3) is 0 Å². The molecule has 4 saturated carbocycles. The largest absolute Gasteiger partial charge is 0.314 e. The van der Waals surface area contributed by atoms with Crippen LogP contribution in [-0.4, -0.2) is 12.6 Å². The van der Waals surface area contributed by atoms with Crippen molar-refractivity contribution in [3.63, 3.8) is 0 Å². The summed E-state index contributed by atoms with van der Waals surface area (Å²) in [7, 11) is 0. The van der Waals surface area contributed by atoms with Gasteiger partial charge in [0, 0.05) is 12.5 Å². The zero-order chi connectivity index (χ0) is 14.2. The number of terminal acetylenes is 1. The van der Waals surface area contributed by atoms with E-state index in [-0.39, 0.29) is 0 Å². The third-order valence-corrected chi connectivity index (χ3v) is 6.40. The Labute approximate surface area is 125 Å². The molecule has 3 atom stereocenters. The van der Waals surface area contributed by atoms with E-state index in [0.29, 0.717) is 16.9 Å². The van der Waals surface area contributed by atoms with Gasteiger partial charge in [0.05, 0.1) is 0 Å². The van der Waals surface area contributed by atoms with E-state index < -0.39 is 0 Å². The fourth-order valence-corrected chi connectivity index (χ4v) is 6.49. The van der Waals surface area contributed by atoms with Crippen LogP contribution in [0.4, 0.5) is 0 Å². The van der Waals surface area contributed by atoms with E-state index in [2.05, 4.69) is 25.1 Å². The summed E-state index contributed by atoms with van der Waals surface area (Å²) in [5.41, 5.74) is 1.26. The predicted molar refractivity (Wildman–Crippen MR) is 85.4 cm³/mol. The van der Waals surface area contributed by atoms with Gasteiger partial charge in [0.1, 0.15) is 0 Å². The third-order valence-electron chi connectivity index (χ3n) is 6.40. The van der Waals surface area contributed by atoms with Crippen LogP contribution in [0.5, 0.6) is 0 Å². The molecule has 0 spiro atoms. The van der Waals surface area contributed by atoms with Gasteiger partial charge in [0.15, 0.2) is 0 Å². The number of hydrogen-bond acceptors (Lipinski definition) is 1. The molecule has 1 nitrogen and oxygen atoms in total. The number of nitrogens with one attached hydrogen (secondary N) is 1. The maximum atomic E-state index is 5.45. The van der Waals surface area contributed by atoms with Gasteiger partial charge in [-0.15, -0.1) is 12.3 Å². The normalized spacial score (nSPS) is 43.5. The van der Waals surface area contributed by atoms with Gasteiger partial charge in [-0.25, -0.2) is 0 Å². The Morgan fingerprint density at radius 2 is 1.95 bits per heavy atom. The zero-order valence-corrected chi connectivity index (χ0v) is 13.4. The summed E-state index contributed by atoms with van der Waals surface area (Å²) in [4.78, 5) is 0. The number of unbranched alkanes of at least 4 members (excludes halogenated alkanes) is 1. The molecule has 112 valence electrons. The average molecular weight is 273 g/mol. The lowest BCUT2D eigenvalue weighted by Gasteiger charge is -2.63. The Kier molecular flexibility index (Phi) is 3.89. The lowest BCUT2D eigenvalue weighted by molar-refractivity contribution is -0.119. The van der Waals surface area contributed by atoms with Crippen molar-refractivity contribution in [3.8, 4) is 12.3 Å². The van der Waals surface area contributed by atoms with E-state index >= 15 is 0 Å². The van der Waals surface area contributed by atoms with Crippen LogP contribution in [0, 0.1) is 35.0 Å². The molecule has 0 aromatic heterocycles. The summed E-state index contributed by atoms with van der Waals surface area (Å²) >= 11 is 0. The quantitative estimate of drug-likeness (QED) is 0.559. The monoisotopic (exact) mass is 273 g/mol. The van der Waals surface area contributed by atoms with Gasteiger partial charge in [0.25, 0.3) is 0 Å². The van der Waals surface area contributed by atoms with Crippen LogP contribution in [0.2, 0.25) is 0 Å². The molecule has 0 aliphatic heterocycles. The highest BCUT2D eigenvalue weighted by Gasteiger charge is 2.57. The summed E-state index contributed by atoms with van der Waals surface area (Å²) in [6.07, 6.45) is 17.9. The van der Waals surface area contributed by atoms with Gasteiger partial charge in [-0.1, -0.05) is 13.8 Å². The van der Waals surface area contributed by atoms with Crippen LogP contribution in [0.1, 0.15) is 71.6 Å². The van der Waals surface area contributed by atoms with Crippen molar-refractivity contribution in [2.45, 2.75) is 77.7 Å². The highest BCUT2D eigenvalue weighted by atomic mass is 14.9. The number of rotatable bonds is 6. The SMILES string of the molecule is C#CCCCC(NCC)C12CC3CC(CC(C)(C3)C1)C2. The first-order chi connectivity index (χ1) is 9.59. The van der Waals surface area contributed by atoms with E-state index in [9.17, 15) is 0 Å². The van der Waals surface area contributed by atoms with Crippen molar-refractivity contribution in [3.05, 3.63) is 0 Å². The van der Waals surface area contributed by atoms with Crippen molar-refractivity contribution in [1.82, 2.24) is 5.32 Å². The van der Waals surface area contributed by atoms with Crippen LogP contribution < -0.4 is 5.32 Å². The maximum Gasteiger partial charge on any atom is 0.0124 e. The summed E-state index contributed by atoms with van der Waals surface area (Å²) in [5, 5.41) is 3.85. The molecule has 4 rings (SSSR count). The molecule has 4 bridgehead atoms. The first-order valence-electron chi connectivity index (χ1n) is 8.76. The predicted octanol–water partition coefficient (Wildman–Crippen LogP) is 4.37.